The van der Waals surface area contributed by atoms with Gasteiger partial charge in [-0.05, 0) is 29.3 Å². The van der Waals surface area contributed by atoms with E-state index in [2.05, 4.69) is 15.9 Å². The molecule has 1 nitrogen and oxygen atoms in total. The number of carbonyl (C=O) groups excluding carboxylic acids is 1. The Bertz CT molecular complexity index is 354. The molecule has 14 heavy (non-hydrogen) atoms. The van der Waals surface area contributed by atoms with Crippen LogP contribution in [-0.4, -0.2) is 11.2 Å². The molecule has 0 fully saturated rings. The van der Waals surface area contributed by atoms with Gasteiger partial charge < -0.3 is 0 Å². The van der Waals surface area contributed by atoms with Crippen molar-refractivity contribution in [3.63, 3.8) is 0 Å². The highest BCUT2D eigenvalue weighted by molar-refractivity contribution is 9.10. The summed E-state index contributed by atoms with van der Waals surface area (Å²) in [5.74, 6) is -3.50. The van der Waals surface area contributed by atoms with E-state index in [1.54, 1.807) is 12.1 Å². The van der Waals surface area contributed by atoms with E-state index in [0.717, 1.165) is 0 Å². The smallest absolute Gasteiger partial charge is 0.274 e. The van der Waals surface area contributed by atoms with E-state index in [1.165, 1.54) is 12.1 Å². The Morgan fingerprint density at radius 1 is 1.50 bits per heavy atom. The van der Waals surface area contributed by atoms with Gasteiger partial charge in [0.05, 0.1) is 0 Å². The van der Waals surface area contributed by atoms with Gasteiger partial charge in [-0.15, -0.1) is 0 Å². The van der Waals surface area contributed by atoms with Crippen LogP contribution >= 0.6 is 27.5 Å². The fraction of sp³-hybridized carbons (Fsp3) is 0.222. The molecular weight excluding hydrogens is 277 g/mol. The summed E-state index contributed by atoms with van der Waals surface area (Å²) in [5, 5.41) is -1.63. The van der Waals surface area contributed by atoms with Crippen molar-refractivity contribution < 1.29 is 13.6 Å². The topological polar surface area (TPSA) is 17.1 Å². The van der Waals surface area contributed by atoms with E-state index in [4.69, 9.17) is 11.6 Å². The lowest BCUT2D eigenvalue weighted by atomic mass is 10.1. The highest BCUT2D eigenvalue weighted by atomic mass is 79.9. The Hall–Kier alpha value is -0.480. The molecule has 5 heteroatoms. The number of benzene rings is 1. The molecule has 1 aromatic carbocycles. The molecule has 0 atom stereocenters. The molecule has 0 spiro atoms. The Morgan fingerprint density at radius 3 is 2.64 bits per heavy atom. The molecule has 1 rings (SSSR count). The van der Waals surface area contributed by atoms with Gasteiger partial charge in [0.2, 0.25) is 0 Å². The lowest BCUT2D eigenvalue weighted by molar-refractivity contribution is -0.133. The van der Waals surface area contributed by atoms with Crippen molar-refractivity contribution in [1.82, 2.24) is 0 Å². The van der Waals surface area contributed by atoms with Crippen LogP contribution in [0.15, 0.2) is 28.7 Å². The Labute approximate surface area is 93.2 Å². The normalized spacial score (nSPS) is 11.4. The third kappa shape index (κ3) is 3.03. The van der Waals surface area contributed by atoms with Crippen LogP contribution in [0, 0.1) is 0 Å². The maximum Gasteiger partial charge on any atom is 0.324 e. The van der Waals surface area contributed by atoms with Crippen LogP contribution in [0.1, 0.15) is 5.56 Å². The predicted molar refractivity (Wildman–Crippen MR) is 53.7 cm³/mol. The second-order valence-electron chi connectivity index (χ2n) is 2.78. The maximum atomic E-state index is 12.9. The third-order valence-corrected chi connectivity index (χ3v) is 2.37. The lowest BCUT2D eigenvalue weighted by Gasteiger charge is -2.10. The van der Waals surface area contributed by atoms with Gasteiger partial charge in [-0.3, -0.25) is 4.79 Å². The zero-order chi connectivity index (χ0) is 10.8. The van der Waals surface area contributed by atoms with Crippen molar-refractivity contribution in [2.24, 2.45) is 0 Å². The minimum atomic E-state index is -3.50. The molecule has 0 radical (unpaired) electrons. The number of hydrogen-bond donors (Lipinski definition) is 0. The van der Waals surface area contributed by atoms with Crippen LogP contribution < -0.4 is 0 Å². The number of rotatable bonds is 3. The molecule has 0 heterocycles. The Kier molecular flexibility index (Phi) is 3.61. The average molecular weight is 283 g/mol. The van der Waals surface area contributed by atoms with Crippen molar-refractivity contribution in [3.05, 3.63) is 34.3 Å². The first kappa shape index (κ1) is 11.6. The molecule has 0 saturated carbocycles. The third-order valence-electron chi connectivity index (χ3n) is 1.60. The molecule has 0 aromatic heterocycles. The first-order valence-corrected chi connectivity index (χ1v) is 4.91. The van der Waals surface area contributed by atoms with E-state index < -0.39 is 17.6 Å². The lowest BCUT2D eigenvalue weighted by Crippen LogP contribution is -2.26. The summed E-state index contributed by atoms with van der Waals surface area (Å²) in [6.45, 7) is 0. The van der Waals surface area contributed by atoms with Gasteiger partial charge in [0, 0.05) is 10.9 Å². The SMILES string of the molecule is O=C(Cl)C(F)(F)Cc1cccc(Br)c1. The fourth-order valence-electron chi connectivity index (χ4n) is 0.973. The average Bonchev–Trinajstić information content (AvgIpc) is 2.02. The van der Waals surface area contributed by atoms with Gasteiger partial charge in [0.1, 0.15) is 0 Å². The molecule has 76 valence electrons. The Balaban J connectivity index is 2.83. The summed E-state index contributed by atoms with van der Waals surface area (Å²) in [5.41, 5.74) is 0.360. The monoisotopic (exact) mass is 282 g/mol. The highest BCUT2D eigenvalue weighted by Gasteiger charge is 2.37. The van der Waals surface area contributed by atoms with Crippen LogP contribution in [0.2, 0.25) is 0 Å². The zero-order valence-electron chi connectivity index (χ0n) is 6.94. The standard InChI is InChI=1S/C9H6BrClF2O/c10-7-3-1-2-6(4-7)5-9(12,13)8(11)14/h1-4H,5H2. The number of alkyl halides is 2. The molecule has 1 aromatic rings. The van der Waals surface area contributed by atoms with E-state index >= 15 is 0 Å². The van der Waals surface area contributed by atoms with E-state index in [1.807, 2.05) is 0 Å². The van der Waals surface area contributed by atoms with Gasteiger partial charge in [-0.25, -0.2) is 0 Å². The van der Waals surface area contributed by atoms with Crippen LogP contribution in [0.25, 0.3) is 0 Å². The molecule has 0 N–H and O–H groups in total. The number of hydrogen-bond acceptors (Lipinski definition) is 1. The highest BCUT2D eigenvalue weighted by Crippen LogP contribution is 2.24. The summed E-state index contributed by atoms with van der Waals surface area (Å²) in [7, 11) is 0. The van der Waals surface area contributed by atoms with Crippen molar-refractivity contribution in [2.45, 2.75) is 12.3 Å². The largest absolute Gasteiger partial charge is 0.324 e. The van der Waals surface area contributed by atoms with Gasteiger partial charge in [-0.1, -0.05) is 28.1 Å². The summed E-state index contributed by atoms with van der Waals surface area (Å²) in [4.78, 5) is 10.4. The van der Waals surface area contributed by atoms with Gasteiger partial charge in [0.25, 0.3) is 5.24 Å². The van der Waals surface area contributed by atoms with Crippen LogP contribution in [0.3, 0.4) is 0 Å². The van der Waals surface area contributed by atoms with E-state index in [-0.39, 0.29) is 0 Å². The van der Waals surface area contributed by atoms with E-state index in [0.29, 0.717) is 10.0 Å². The maximum absolute atomic E-state index is 12.9. The fourth-order valence-corrected chi connectivity index (χ4v) is 1.49. The second-order valence-corrected chi connectivity index (χ2v) is 4.04. The second kappa shape index (κ2) is 4.36. The minimum Gasteiger partial charge on any atom is -0.274 e. The molecule has 0 saturated heterocycles. The molecule has 0 unspecified atom stereocenters. The number of carbonyl (C=O) groups is 1. The molecule has 0 aliphatic carbocycles. The molecule has 0 amide bonds. The first-order valence-electron chi connectivity index (χ1n) is 3.74. The summed E-state index contributed by atoms with van der Waals surface area (Å²) in [6.07, 6.45) is -0.672. The minimum absolute atomic E-state index is 0.360. The number of halogens is 4. The van der Waals surface area contributed by atoms with Crippen LogP contribution in [0.4, 0.5) is 8.78 Å². The Morgan fingerprint density at radius 2 is 2.14 bits per heavy atom. The molecular formula is C9H6BrClF2O. The van der Waals surface area contributed by atoms with Gasteiger partial charge >= 0.3 is 5.92 Å². The van der Waals surface area contributed by atoms with E-state index in [9.17, 15) is 13.6 Å². The van der Waals surface area contributed by atoms with Crippen molar-refractivity contribution in [2.75, 3.05) is 0 Å². The van der Waals surface area contributed by atoms with Crippen molar-refractivity contribution >= 4 is 32.8 Å². The van der Waals surface area contributed by atoms with Crippen molar-refractivity contribution in [1.29, 1.82) is 0 Å². The van der Waals surface area contributed by atoms with Gasteiger partial charge in [-0.2, -0.15) is 8.78 Å². The molecule has 0 bridgehead atoms. The van der Waals surface area contributed by atoms with Crippen molar-refractivity contribution in [3.8, 4) is 0 Å². The molecule has 0 aliphatic rings. The summed E-state index contributed by atoms with van der Waals surface area (Å²) >= 11 is 7.90. The van der Waals surface area contributed by atoms with Crippen LogP contribution in [0.5, 0.6) is 0 Å². The molecule has 0 aliphatic heterocycles. The predicted octanol–water partition coefficient (Wildman–Crippen LogP) is 3.39. The summed E-state index contributed by atoms with van der Waals surface area (Å²) < 4.78 is 26.4. The quantitative estimate of drug-likeness (QED) is 0.777. The first-order chi connectivity index (χ1) is 6.42. The van der Waals surface area contributed by atoms with Crippen LogP contribution in [-0.2, 0) is 11.2 Å². The van der Waals surface area contributed by atoms with Gasteiger partial charge in [0.15, 0.2) is 0 Å². The zero-order valence-corrected chi connectivity index (χ0v) is 9.28. The summed E-state index contributed by atoms with van der Waals surface area (Å²) in [6, 6.07) is 6.37.